The number of ether oxygens (including phenoxy) is 2. The van der Waals surface area contributed by atoms with Crippen LogP contribution in [0.1, 0.15) is 13.8 Å². The van der Waals surface area contributed by atoms with Crippen molar-refractivity contribution in [3.05, 3.63) is 10.2 Å². The molecule has 12 heavy (non-hydrogen) atoms. The number of carbonyl (C=O) groups is 1. The van der Waals surface area contributed by atoms with Gasteiger partial charge in [0.25, 0.3) is 0 Å². The maximum absolute atomic E-state index is 10.4. The van der Waals surface area contributed by atoms with Crippen molar-refractivity contribution in [3.63, 3.8) is 0 Å². The van der Waals surface area contributed by atoms with Gasteiger partial charge in [0, 0.05) is 6.92 Å². The zero-order valence-electron chi connectivity index (χ0n) is 7.04. The number of esters is 1. The molecule has 1 aliphatic rings. The summed E-state index contributed by atoms with van der Waals surface area (Å²) in [5, 5.41) is 0. The monoisotopic (exact) mass is 282 g/mol. The Hall–Kier alpha value is -0.100. The Morgan fingerprint density at radius 2 is 2.50 bits per heavy atom. The first-order chi connectivity index (χ1) is 5.58. The molecule has 0 bridgehead atoms. The van der Waals surface area contributed by atoms with E-state index in [0.29, 0.717) is 6.61 Å². The van der Waals surface area contributed by atoms with E-state index in [9.17, 15) is 4.79 Å². The standard InChI is InChI=1S/C8H11IO3/c1-6(10)11-5-7-8(2,12-7)3-4-9/h3-4,7H,5H2,1-2H3/b4-3+/t7-,8+/m1/s1. The second-order valence-electron chi connectivity index (χ2n) is 2.89. The summed E-state index contributed by atoms with van der Waals surface area (Å²) in [5.74, 6) is -0.258. The van der Waals surface area contributed by atoms with Crippen molar-refractivity contribution in [1.29, 1.82) is 0 Å². The summed E-state index contributed by atoms with van der Waals surface area (Å²) in [5.41, 5.74) is -0.212. The Morgan fingerprint density at radius 3 is 3.00 bits per heavy atom. The third-order valence-electron chi connectivity index (χ3n) is 1.81. The molecule has 1 aliphatic heterocycles. The minimum absolute atomic E-state index is 0.0346. The van der Waals surface area contributed by atoms with Crippen molar-refractivity contribution in [2.75, 3.05) is 6.61 Å². The summed E-state index contributed by atoms with van der Waals surface area (Å²) in [7, 11) is 0. The zero-order chi connectivity index (χ0) is 9.19. The van der Waals surface area contributed by atoms with Crippen LogP contribution in [-0.4, -0.2) is 24.3 Å². The molecule has 1 rings (SSSR count). The molecule has 0 aliphatic carbocycles. The molecule has 0 saturated carbocycles. The lowest BCUT2D eigenvalue weighted by molar-refractivity contribution is -0.141. The molecule has 0 spiro atoms. The first-order valence-electron chi connectivity index (χ1n) is 3.67. The van der Waals surface area contributed by atoms with E-state index in [1.54, 1.807) is 0 Å². The molecule has 0 aromatic carbocycles. The highest BCUT2D eigenvalue weighted by atomic mass is 127. The second-order valence-corrected chi connectivity index (χ2v) is 3.60. The molecule has 68 valence electrons. The van der Waals surface area contributed by atoms with E-state index in [1.807, 2.05) is 17.1 Å². The fourth-order valence-electron chi connectivity index (χ4n) is 0.937. The summed E-state index contributed by atoms with van der Waals surface area (Å²) in [6.07, 6.45) is 1.99. The third kappa shape index (κ3) is 2.45. The van der Waals surface area contributed by atoms with Gasteiger partial charge in [0.05, 0.1) is 0 Å². The van der Waals surface area contributed by atoms with Crippen LogP contribution < -0.4 is 0 Å². The van der Waals surface area contributed by atoms with Crippen molar-refractivity contribution >= 4 is 28.6 Å². The number of carbonyl (C=O) groups excluding carboxylic acids is 1. The maximum atomic E-state index is 10.4. The van der Waals surface area contributed by atoms with Crippen LogP contribution in [0.4, 0.5) is 0 Å². The SMILES string of the molecule is CC(=O)OC[C@H]1O[C@@]1(C)/C=C/I. The Morgan fingerprint density at radius 1 is 1.83 bits per heavy atom. The van der Waals surface area contributed by atoms with Gasteiger partial charge in [0.2, 0.25) is 0 Å². The Kier molecular flexibility index (Phi) is 3.11. The van der Waals surface area contributed by atoms with E-state index in [1.165, 1.54) is 6.92 Å². The zero-order valence-corrected chi connectivity index (χ0v) is 9.20. The van der Waals surface area contributed by atoms with Crippen LogP contribution in [0.3, 0.4) is 0 Å². The lowest BCUT2D eigenvalue weighted by Gasteiger charge is -1.98. The normalized spacial score (nSPS) is 33.8. The molecule has 1 saturated heterocycles. The number of hydrogen-bond donors (Lipinski definition) is 0. The fraction of sp³-hybridized carbons (Fsp3) is 0.625. The van der Waals surface area contributed by atoms with Crippen molar-refractivity contribution in [2.24, 2.45) is 0 Å². The predicted molar refractivity (Wildman–Crippen MR) is 53.1 cm³/mol. The molecule has 0 radical (unpaired) electrons. The maximum Gasteiger partial charge on any atom is 0.302 e. The molecule has 0 aromatic heterocycles. The topological polar surface area (TPSA) is 38.8 Å². The van der Waals surface area contributed by atoms with Gasteiger partial charge in [0.1, 0.15) is 18.3 Å². The molecule has 1 heterocycles. The smallest absolute Gasteiger partial charge is 0.302 e. The van der Waals surface area contributed by atoms with Crippen LogP contribution in [0.25, 0.3) is 0 Å². The lowest BCUT2D eigenvalue weighted by Crippen LogP contribution is -2.13. The van der Waals surface area contributed by atoms with Crippen LogP contribution in [0, 0.1) is 0 Å². The average Bonchev–Trinajstić information content (AvgIpc) is 2.58. The number of halogens is 1. The molecule has 2 atom stereocenters. The van der Waals surface area contributed by atoms with Crippen molar-refractivity contribution in [1.82, 2.24) is 0 Å². The lowest BCUT2D eigenvalue weighted by atomic mass is 10.1. The highest BCUT2D eigenvalue weighted by Gasteiger charge is 2.50. The largest absolute Gasteiger partial charge is 0.463 e. The van der Waals surface area contributed by atoms with Crippen LogP contribution in [0.5, 0.6) is 0 Å². The average molecular weight is 282 g/mol. The quantitative estimate of drug-likeness (QED) is 0.449. The van der Waals surface area contributed by atoms with Gasteiger partial charge >= 0.3 is 5.97 Å². The van der Waals surface area contributed by atoms with Gasteiger partial charge in [-0.25, -0.2) is 0 Å². The van der Waals surface area contributed by atoms with Crippen LogP contribution in [0.15, 0.2) is 10.2 Å². The highest BCUT2D eigenvalue weighted by molar-refractivity contribution is 14.1. The van der Waals surface area contributed by atoms with E-state index in [0.717, 1.165) is 0 Å². The van der Waals surface area contributed by atoms with Gasteiger partial charge in [-0.15, -0.1) is 0 Å². The van der Waals surface area contributed by atoms with Crippen molar-refractivity contribution in [2.45, 2.75) is 25.6 Å². The molecule has 0 amide bonds. The van der Waals surface area contributed by atoms with Gasteiger partial charge in [-0.05, 0) is 17.1 Å². The van der Waals surface area contributed by atoms with Crippen molar-refractivity contribution in [3.8, 4) is 0 Å². The van der Waals surface area contributed by atoms with E-state index in [-0.39, 0.29) is 17.7 Å². The van der Waals surface area contributed by atoms with Crippen LogP contribution >= 0.6 is 22.6 Å². The number of epoxide rings is 1. The fourth-order valence-corrected chi connectivity index (χ4v) is 1.65. The molecule has 3 nitrogen and oxygen atoms in total. The molecular weight excluding hydrogens is 271 g/mol. The number of hydrogen-bond acceptors (Lipinski definition) is 3. The highest BCUT2D eigenvalue weighted by Crippen LogP contribution is 2.37. The Balaban J connectivity index is 2.27. The number of rotatable bonds is 3. The van der Waals surface area contributed by atoms with Gasteiger partial charge < -0.3 is 9.47 Å². The minimum Gasteiger partial charge on any atom is -0.463 e. The molecule has 0 unspecified atom stereocenters. The van der Waals surface area contributed by atoms with Gasteiger partial charge in [0.15, 0.2) is 0 Å². The molecule has 1 fully saturated rings. The summed E-state index contributed by atoms with van der Waals surface area (Å²) in [6.45, 7) is 3.72. The third-order valence-corrected chi connectivity index (χ3v) is 2.17. The van der Waals surface area contributed by atoms with Gasteiger partial charge in [-0.1, -0.05) is 22.6 Å². The molecular formula is C8H11IO3. The predicted octanol–water partition coefficient (Wildman–Crippen LogP) is 1.66. The van der Waals surface area contributed by atoms with Crippen LogP contribution in [0.2, 0.25) is 0 Å². The van der Waals surface area contributed by atoms with E-state index in [2.05, 4.69) is 22.6 Å². The second kappa shape index (κ2) is 3.74. The molecule has 4 heteroatoms. The molecule has 0 N–H and O–H groups in total. The van der Waals surface area contributed by atoms with E-state index >= 15 is 0 Å². The summed E-state index contributed by atoms with van der Waals surface area (Å²) in [4.78, 5) is 10.4. The first-order valence-corrected chi connectivity index (χ1v) is 4.92. The van der Waals surface area contributed by atoms with Gasteiger partial charge in [-0.3, -0.25) is 4.79 Å². The minimum atomic E-state index is -0.258. The first kappa shape index (κ1) is 9.98. The molecule has 0 aromatic rings. The van der Waals surface area contributed by atoms with Crippen LogP contribution in [-0.2, 0) is 14.3 Å². The summed E-state index contributed by atoms with van der Waals surface area (Å²) < 4.78 is 12.0. The van der Waals surface area contributed by atoms with E-state index in [4.69, 9.17) is 9.47 Å². The Bertz CT molecular complexity index is 214. The van der Waals surface area contributed by atoms with Crippen molar-refractivity contribution < 1.29 is 14.3 Å². The van der Waals surface area contributed by atoms with E-state index < -0.39 is 0 Å². The van der Waals surface area contributed by atoms with Gasteiger partial charge in [-0.2, -0.15) is 0 Å². The summed E-state index contributed by atoms with van der Waals surface area (Å²) >= 11 is 2.14. The summed E-state index contributed by atoms with van der Waals surface area (Å²) in [6, 6.07) is 0. The Labute approximate surface area is 85.2 Å².